The molecule has 0 bridgehead atoms. The lowest BCUT2D eigenvalue weighted by atomic mass is 10.0. The molecule has 0 rings (SSSR count). The number of nitrogens with zero attached hydrogens (tertiary/aromatic N) is 1. The minimum atomic E-state index is -1.72. The maximum Gasteiger partial charge on any atom is 0.151 e. The number of carbonyl (C=O) groups excluding carboxylic acids is 1. The lowest BCUT2D eigenvalue weighted by Crippen LogP contribution is -2.45. The number of aliphatic hydroxyl groups is 4. The fourth-order valence-corrected chi connectivity index (χ4v) is 1.01. The Morgan fingerprint density at radius 1 is 1.27 bits per heavy atom. The van der Waals surface area contributed by atoms with Gasteiger partial charge in [0.25, 0.3) is 0 Å². The van der Waals surface area contributed by atoms with E-state index in [0.717, 1.165) is 0 Å². The van der Waals surface area contributed by atoms with Crippen molar-refractivity contribution in [3.8, 4) is 0 Å². The van der Waals surface area contributed by atoms with Crippen LogP contribution in [0.3, 0.4) is 0 Å². The Bertz CT molecular complexity index is 243. The average Bonchev–Trinajstić information content (AvgIpc) is 2.26. The van der Waals surface area contributed by atoms with Crippen molar-refractivity contribution in [2.75, 3.05) is 6.54 Å². The Labute approximate surface area is 91.9 Å². The van der Waals surface area contributed by atoms with Crippen molar-refractivity contribution < 1.29 is 25.2 Å². The van der Waals surface area contributed by atoms with Crippen LogP contribution >= 0.6 is 12.2 Å². The topological polar surface area (TPSA) is 110 Å². The van der Waals surface area contributed by atoms with Crippen LogP contribution in [0.15, 0.2) is 4.99 Å². The van der Waals surface area contributed by atoms with Crippen molar-refractivity contribution >= 4 is 23.7 Å². The molecule has 15 heavy (non-hydrogen) atoms. The predicted octanol–water partition coefficient (Wildman–Crippen LogP) is -1.88. The molecule has 6 nitrogen and oxygen atoms in total. The number of aldehydes is 1. The zero-order valence-corrected chi connectivity index (χ0v) is 8.67. The first-order valence-electron chi connectivity index (χ1n) is 4.25. The number of carbonyl (C=O) groups is 1. The molecule has 0 spiro atoms. The monoisotopic (exact) mass is 235 g/mol. The average molecular weight is 235 g/mol. The molecule has 0 aromatic rings. The van der Waals surface area contributed by atoms with Gasteiger partial charge in [0.1, 0.15) is 18.3 Å². The quantitative estimate of drug-likeness (QED) is 0.233. The summed E-state index contributed by atoms with van der Waals surface area (Å²) in [5.74, 6) is 0. The Hall–Kier alpha value is -0.690. The van der Waals surface area contributed by atoms with Crippen LogP contribution < -0.4 is 0 Å². The Balaban J connectivity index is 4.11. The summed E-state index contributed by atoms with van der Waals surface area (Å²) in [7, 11) is 0. The molecular weight excluding hydrogens is 222 g/mol. The maximum absolute atomic E-state index is 10.1. The highest BCUT2D eigenvalue weighted by Gasteiger charge is 2.29. The molecule has 7 heteroatoms. The molecule has 0 aromatic heterocycles. The Morgan fingerprint density at radius 2 is 1.87 bits per heavy atom. The van der Waals surface area contributed by atoms with Gasteiger partial charge in [-0.25, -0.2) is 4.99 Å². The summed E-state index contributed by atoms with van der Waals surface area (Å²) in [6.45, 7) is 0.144. The number of thiocarbonyl (C=S) groups is 1. The molecule has 0 saturated heterocycles. The highest BCUT2D eigenvalue weighted by molar-refractivity contribution is 7.78. The van der Waals surface area contributed by atoms with Gasteiger partial charge in [0, 0.05) is 0 Å². The van der Waals surface area contributed by atoms with Gasteiger partial charge in [0.05, 0.1) is 17.8 Å². The zero-order chi connectivity index (χ0) is 11.8. The SMILES string of the molecule is O=CC(O)C(O)C(O)C(O)CCN=C=S. The first-order valence-corrected chi connectivity index (χ1v) is 4.66. The normalized spacial score (nSPS) is 18.4. The summed E-state index contributed by atoms with van der Waals surface area (Å²) in [5, 5.41) is 38.7. The van der Waals surface area contributed by atoms with Crippen LogP contribution in [0.2, 0.25) is 0 Å². The van der Waals surface area contributed by atoms with Gasteiger partial charge in [-0.2, -0.15) is 0 Å². The molecule has 0 aliphatic carbocycles. The second-order valence-electron chi connectivity index (χ2n) is 2.94. The van der Waals surface area contributed by atoms with Gasteiger partial charge in [-0.1, -0.05) is 0 Å². The third-order valence-corrected chi connectivity index (χ3v) is 1.96. The zero-order valence-electron chi connectivity index (χ0n) is 7.85. The Morgan fingerprint density at radius 3 is 2.33 bits per heavy atom. The highest BCUT2D eigenvalue weighted by atomic mass is 32.1. The third kappa shape index (κ3) is 5.08. The molecule has 4 atom stereocenters. The molecule has 86 valence electrons. The summed E-state index contributed by atoms with van der Waals surface area (Å²) in [5.41, 5.74) is 0. The molecule has 0 saturated carbocycles. The summed E-state index contributed by atoms with van der Waals surface area (Å²) >= 11 is 4.29. The smallest absolute Gasteiger partial charge is 0.151 e. The maximum atomic E-state index is 10.1. The van der Waals surface area contributed by atoms with E-state index < -0.39 is 24.4 Å². The predicted molar refractivity (Wildman–Crippen MR) is 54.6 cm³/mol. The van der Waals surface area contributed by atoms with Crippen LogP contribution in [-0.2, 0) is 4.79 Å². The first-order chi connectivity index (χ1) is 7.04. The van der Waals surface area contributed by atoms with Crippen LogP contribution in [0.25, 0.3) is 0 Å². The number of isothiocyanates is 1. The van der Waals surface area contributed by atoms with E-state index in [4.69, 9.17) is 10.2 Å². The fraction of sp³-hybridized carbons (Fsp3) is 0.750. The fourth-order valence-electron chi connectivity index (χ4n) is 0.923. The van der Waals surface area contributed by atoms with E-state index in [9.17, 15) is 15.0 Å². The van der Waals surface area contributed by atoms with Crippen molar-refractivity contribution in [3.63, 3.8) is 0 Å². The third-order valence-electron chi connectivity index (χ3n) is 1.83. The summed E-state index contributed by atoms with van der Waals surface area (Å²) in [6.07, 6.45) is -6.20. The molecule has 0 fully saturated rings. The van der Waals surface area contributed by atoms with Crippen LogP contribution in [0.1, 0.15) is 6.42 Å². The summed E-state index contributed by atoms with van der Waals surface area (Å²) < 4.78 is 0. The Kier molecular flexibility index (Phi) is 7.23. The second-order valence-corrected chi connectivity index (χ2v) is 3.12. The van der Waals surface area contributed by atoms with E-state index in [1.807, 2.05) is 0 Å². The molecular formula is C8H13NO5S. The standard InChI is InChI=1S/C8H13NO5S/c10-3-6(12)8(14)7(13)5(11)1-2-9-4-15/h3,5-8,11-14H,1-2H2. The van der Waals surface area contributed by atoms with Gasteiger partial charge < -0.3 is 25.2 Å². The number of rotatable bonds is 7. The summed E-state index contributed by atoms with van der Waals surface area (Å²) in [4.78, 5) is 13.6. The van der Waals surface area contributed by atoms with Gasteiger partial charge in [0.2, 0.25) is 0 Å². The van der Waals surface area contributed by atoms with Gasteiger partial charge in [-0.05, 0) is 18.6 Å². The lowest BCUT2D eigenvalue weighted by Gasteiger charge is -2.23. The molecule has 0 aliphatic heterocycles. The second kappa shape index (κ2) is 7.58. The van der Waals surface area contributed by atoms with Gasteiger partial charge in [0.15, 0.2) is 6.29 Å². The van der Waals surface area contributed by atoms with E-state index in [1.54, 1.807) is 0 Å². The molecule has 0 radical (unpaired) electrons. The molecule has 0 aromatic carbocycles. The van der Waals surface area contributed by atoms with Gasteiger partial charge >= 0.3 is 0 Å². The largest absolute Gasteiger partial charge is 0.390 e. The van der Waals surface area contributed by atoms with Crippen LogP contribution in [0, 0.1) is 0 Å². The lowest BCUT2D eigenvalue weighted by molar-refractivity contribution is -0.133. The van der Waals surface area contributed by atoms with E-state index in [0.29, 0.717) is 0 Å². The highest BCUT2D eigenvalue weighted by Crippen LogP contribution is 2.07. The minimum absolute atomic E-state index is 0.0491. The number of hydrogen-bond donors (Lipinski definition) is 4. The van der Waals surface area contributed by atoms with E-state index in [-0.39, 0.29) is 19.3 Å². The van der Waals surface area contributed by atoms with Crippen molar-refractivity contribution in [1.29, 1.82) is 0 Å². The van der Waals surface area contributed by atoms with Crippen molar-refractivity contribution in [2.45, 2.75) is 30.8 Å². The van der Waals surface area contributed by atoms with E-state index >= 15 is 0 Å². The van der Waals surface area contributed by atoms with Crippen LogP contribution in [-0.4, -0.2) is 62.8 Å². The molecule has 0 amide bonds. The van der Waals surface area contributed by atoms with Crippen molar-refractivity contribution in [1.82, 2.24) is 0 Å². The number of hydrogen-bond acceptors (Lipinski definition) is 7. The molecule has 4 unspecified atom stereocenters. The number of aliphatic hydroxyl groups excluding tert-OH is 4. The summed E-state index contributed by atoms with van der Waals surface area (Å²) in [6, 6.07) is 0. The van der Waals surface area contributed by atoms with Crippen molar-refractivity contribution in [2.24, 2.45) is 4.99 Å². The van der Waals surface area contributed by atoms with E-state index in [1.165, 1.54) is 0 Å². The molecule has 4 N–H and O–H groups in total. The van der Waals surface area contributed by atoms with Gasteiger partial charge in [-0.3, -0.25) is 0 Å². The van der Waals surface area contributed by atoms with Crippen LogP contribution in [0.5, 0.6) is 0 Å². The minimum Gasteiger partial charge on any atom is -0.390 e. The molecule has 0 aliphatic rings. The van der Waals surface area contributed by atoms with Crippen LogP contribution in [0.4, 0.5) is 0 Å². The van der Waals surface area contributed by atoms with Gasteiger partial charge in [-0.15, -0.1) is 0 Å². The van der Waals surface area contributed by atoms with Crippen molar-refractivity contribution in [3.05, 3.63) is 0 Å². The van der Waals surface area contributed by atoms with E-state index in [2.05, 4.69) is 22.4 Å². The number of aliphatic imine (C=N–C) groups is 1. The molecule has 0 heterocycles. The first kappa shape index (κ1) is 14.3.